The van der Waals surface area contributed by atoms with Gasteiger partial charge in [0.1, 0.15) is 0 Å². The molecule has 3 aliphatic rings. The van der Waals surface area contributed by atoms with Gasteiger partial charge in [0.05, 0.1) is 12.6 Å². The van der Waals surface area contributed by atoms with Gasteiger partial charge in [-0.1, -0.05) is 30.3 Å². The molecule has 0 radical (unpaired) electrons. The Kier molecular flexibility index (Phi) is 5.19. The Hall–Kier alpha value is -1.56. The first-order chi connectivity index (χ1) is 12.9. The summed E-state index contributed by atoms with van der Waals surface area (Å²) in [4.78, 5) is 16.8. The van der Waals surface area contributed by atoms with Crippen LogP contribution in [0.3, 0.4) is 0 Å². The van der Waals surface area contributed by atoms with Crippen molar-refractivity contribution in [3.05, 3.63) is 35.9 Å². The minimum absolute atomic E-state index is 0.130. The van der Waals surface area contributed by atoms with Gasteiger partial charge in [-0.2, -0.15) is 13.2 Å². The minimum atomic E-state index is -4.17. The number of amides is 1. The van der Waals surface area contributed by atoms with Crippen molar-refractivity contribution in [3.63, 3.8) is 0 Å². The van der Waals surface area contributed by atoms with Gasteiger partial charge in [-0.05, 0) is 62.6 Å². The lowest BCUT2D eigenvalue weighted by Crippen LogP contribution is -2.49. The van der Waals surface area contributed by atoms with Gasteiger partial charge < -0.3 is 4.90 Å². The van der Waals surface area contributed by atoms with Crippen LogP contribution in [0.25, 0.3) is 0 Å². The van der Waals surface area contributed by atoms with Crippen molar-refractivity contribution in [3.8, 4) is 0 Å². The highest BCUT2D eigenvalue weighted by Gasteiger charge is 2.45. The molecular weight excluding hydrogens is 353 g/mol. The van der Waals surface area contributed by atoms with E-state index in [4.69, 9.17) is 0 Å². The number of piperidine rings is 2. The molecule has 1 aliphatic carbocycles. The number of carbonyl (C=O) groups excluding carboxylic acids is 1. The molecule has 2 aliphatic heterocycles. The molecule has 2 saturated heterocycles. The zero-order valence-electron chi connectivity index (χ0n) is 15.5. The Balaban J connectivity index is 1.46. The Labute approximate surface area is 158 Å². The predicted octanol–water partition coefficient (Wildman–Crippen LogP) is 4.26. The lowest BCUT2D eigenvalue weighted by molar-refractivity contribution is -0.152. The molecule has 148 valence electrons. The Bertz CT molecular complexity index is 655. The van der Waals surface area contributed by atoms with E-state index in [0.29, 0.717) is 37.8 Å². The van der Waals surface area contributed by atoms with Gasteiger partial charge in [-0.3, -0.25) is 9.69 Å². The molecule has 1 aromatic rings. The Morgan fingerprint density at radius 2 is 1.74 bits per heavy atom. The van der Waals surface area contributed by atoms with Crippen LogP contribution in [-0.2, 0) is 4.79 Å². The smallest absolute Gasteiger partial charge is 0.335 e. The topological polar surface area (TPSA) is 23.6 Å². The monoisotopic (exact) mass is 380 g/mol. The molecule has 1 saturated carbocycles. The Morgan fingerprint density at radius 3 is 2.41 bits per heavy atom. The van der Waals surface area contributed by atoms with Crippen LogP contribution in [0.15, 0.2) is 30.3 Å². The summed E-state index contributed by atoms with van der Waals surface area (Å²) in [6.07, 6.45) is 0.430. The fourth-order valence-electron chi connectivity index (χ4n) is 5.37. The maximum absolute atomic E-state index is 13.3. The molecule has 1 amide bonds. The summed E-state index contributed by atoms with van der Waals surface area (Å²) in [5, 5.41) is 0. The zero-order valence-corrected chi connectivity index (χ0v) is 15.5. The number of alkyl halides is 3. The molecule has 3 atom stereocenters. The third kappa shape index (κ3) is 4.15. The number of benzene rings is 1. The van der Waals surface area contributed by atoms with E-state index in [1.807, 2.05) is 18.2 Å². The highest BCUT2D eigenvalue weighted by atomic mass is 19.4. The molecule has 2 heterocycles. The SMILES string of the molecule is O=C(C1CCN(CC(F)(F)F)CC1)N1C[C@H]2CC[C@@H](C2)[C@H]1c1ccccc1. The molecule has 0 N–H and O–H groups in total. The summed E-state index contributed by atoms with van der Waals surface area (Å²) < 4.78 is 37.8. The van der Waals surface area contributed by atoms with Crippen LogP contribution in [0, 0.1) is 17.8 Å². The van der Waals surface area contributed by atoms with Crippen LogP contribution in [0.1, 0.15) is 43.7 Å². The van der Waals surface area contributed by atoms with Crippen LogP contribution in [0.2, 0.25) is 0 Å². The number of rotatable bonds is 3. The van der Waals surface area contributed by atoms with Crippen molar-refractivity contribution in [2.45, 2.75) is 44.3 Å². The summed E-state index contributed by atoms with van der Waals surface area (Å²) in [6.45, 7) is 0.644. The number of hydrogen-bond donors (Lipinski definition) is 0. The average Bonchev–Trinajstić information content (AvgIpc) is 3.02. The number of likely N-dealkylation sites (tertiary alicyclic amines) is 2. The van der Waals surface area contributed by atoms with E-state index in [1.165, 1.54) is 23.3 Å². The van der Waals surface area contributed by atoms with Crippen molar-refractivity contribution in [2.24, 2.45) is 17.8 Å². The highest BCUT2D eigenvalue weighted by molar-refractivity contribution is 5.79. The molecule has 27 heavy (non-hydrogen) atoms. The number of fused-ring (bicyclic) bond motifs is 2. The normalized spacial score (nSPS) is 29.9. The second kappa shape index (κ2) is 7.46. The molecule has 2 bridgehead atoms. The maximum atomic E-state index is 13.3. The summed E-state index contributed by atoms with van der Waals surface area (Å²) in [7, 11) is 0. The van der Waals surface area contributed by atoms with Crippen molar-refractivity contribution in [1.82, 2.24) is 9.80 Å². The van der Waals surface area contributed by atoms with E-state index in [1.54, 1.807) is 0 Å². The van der Waals surface area contributed by atoms with E-state index < -0.39 is 12.7 Å². The van der Waals surface area contributed by atoms with E-state index in [0.717, 1.165) is 13.0 Å². The predicted molar refractivity (Wildman–Crippen MR) is 96.9 cm³/mol. The fourth-order valence-corrected chi connectivity index (χ4v) is 5.37. The van der Waals surface area contributed by atoms with E-state index in [9.17, 15) is 18.0 Å². The fraction of sp³-hybridized carbons (Fsp3) is 0.667. The van der Waals surface area contributed by atoms with Crippen LogP contribution >= 0.6 is 0 Å². The van der Waals surface area contributed by atoms with Crippen LogP contribution < -0.4 is 0 Å². The summed E-state index contributed by atoms with van der Waals surface area (Å²) in [6, 6.07) is 10.4. The van der Waals surface area contributed by atoms with Gasteiger partial charge in [0.15, 0.2) is 0 Å². The standard InChI is InChI=1S/C21H27F3N2O/c22-21(23,24)14-25-10-8-17(9-11-25)20(27)26-13-15-6-7-18(12-15)19(26)16-4-2-1-3-5-16/h1-5,15,17-19H,6-14H2/t15-,18-,19+/m0/s1. The summed E-state index contributed by atoms with van der Waals surface area (Å²) >= 11 is 0. The van der Waals surface area contributed by atoms with Gasteiger partial charge in [0.25, 0.3) is 0 Å². The van der Waals surface area contributed by atoms with E-state index in [-0.39, 0.29) is 17.9 Å². The van der Waals surface area contributed by atoms with Gasteiger partial charge in [-0.25, -0.2) is 0 Å². The van der Waals surface area contributed by atoms with Gasteiger partial charge in [0.2, 0.25) is 5.91 Å². The number of halogens is 3. The first-order valence-corrected chi connectivity index (χ1v) is 10.1. The van der Waals surface area contributed by atoms with Crippen molar-refractivity contribution in [1.29, 1.82) is 0 Å². The minimum Gasteiger partial charge on any atom is -0.335 e. The molecular formula is C21H27F3N2O. The molecule has 6 heteroatoms. The van der Waals surface area contributed by atoms with Crippen LogP contribution in [-0.4, -0.2) is 48.1 Å². The third-order valence-electron chi connectivity index (χ3n) is 6.58. The molecule has 0 unspecified atom stereocenters. The summed E-state index contributed by atoms with van der Waals surface area (Å²) in [5.41, 5.74) is 1.20. The van der Waals surface area contributed by atoms with Gasteiger partial charge in [-0.15, -0.1) is 0 Å². The van der Waals surface area contributed by atoms with Crippen LogP contribution in [0.5, 0.6) is 0 Å². The maximum Gasteiger partial charge on any atom is 0.401 e. The quantitative estimate of drug-likeness (QED) is 0.782. The number of carbonyl (C=O) groups is 1. The van der Waals surface area contributed by atoms with E-state index in [2.05, 4.69) is 17.0 Å². The average molecular weight is 380 g/mol. The van der Waals surface area contributed by atoms with Gasteiger partial charge in [0, 0.05) is 12.5 Å². The number of hydrogen-bond acceptors (Lipinski definition) is 2. The third-order valence-corrected chi connectivity index (χ3v) is 6.58. The van der Waals surface area contributed by atoms with Crippen LogP contribution in [0.4, 0.5) is 13.2 Å². The second-order valence-corrected chi connectivity index (χ2v) is 8.45. The van der Waals surface area contributed by atoms with Gasteiger partial charge >= 0.3 is 6.18 Å². The lowest BCUT2D eigenvalue weighted by atomic mass is 9.84. The first-order valence-electron chi connectivity index (χ1n) is 10.1. The molecule has 0 aromatic heterocycles. The van der Waals surface area contributed by atoms with E-state index >= 15 is 0 Å². The zero-order chi connectivity index (χ0) is 19.0. The largest absolute Gasteiger partial charge is 0.401 e. The molecule has 1 aromatic carbocycles. The first kappa shape index (κ1) is 18.8. The Morgan fingerprint density at radius 1 is 1.04 bits per heavy atom. The van der Waals surface area contributed by atoms with Crippen molar-refractivity contribution < 1.29 is 18.0 Å². The summed E-state index contributed by atoms with van der Waals surface area (Å²) in [5.74, 6) is 1.12. The molecule has 4 rings (SSSR count). The number of nitrogens with zero attached hydrogens (tertiary/aromatic N) is 2. The molecule has 0 spiro atoms. The van der Waals surface area contributed by atoms with Crippen molar-refractivity contribution in [2.75, 3.05) is 26.2 Å². The highest BCUT2D eigenvalue weighted by Crippen LogP contribution is 2.48. The molecule has 3 nitrogen and oxygen atoms in total. The van der Waals surface area contributed by atoms with Crippen molar-refractivity contribution >= 4 is 5.91 Å². The molecule has 3 fully saturated rings. The lowest BCUT2D eigenvalue weighted by Gasteiger charge is -2.43. The second-order valence-electron chi connectivity index (χ2n) is 8.45.